The maximum atomic E-state index is 6.29. The van der Waals surface area contributed by atoms with E-state index < -0.39 is 8.80 Å². The molecular weight excluding hydrogens is 260 g/mol. The van der Waals surface area contributed by atoms with Gasteiger partial charge >= 0.3 is 8.80 Å². The second-order valence-electron chi connectivity index (χ2n) is 4.80. The number of nitrogens with zero attached hydrogens (tertiary/aromatic N) is 1. The van der Waals surface area contributed by atoms with Gasteiger partial charge in [-0.3, -0.25) is 4.90 Å². The molecule has 1 aliphatic heterocycles. The summed E-state index contributed by atoms with van der Waals surface area (Å²) in [6, 6.07) is 0.894. The second-order valence-corrected chi connectivity index (χ2v) is 7.48. The lowest BCUT2D eigenvalue weighted by Gasteiger charge is -2.38. The van der Waals surface area contributed by atoms with Crippen LogP contribution in [0.2, 0.25) is 6.04 Å². The lowest BCUT2D eigenvalue weighted by atomic mass is 10.3. The van der Waals surface area contributed by atoms with Crippen LogP contribution in [0.25, 0.3) is 0 Å². The van der Waals surface area contributed by atoms with Crippen molar-refractivity contribution in [3.8, 4) is 0 Å². The molecule has 1 aliphatic rings. The zero-order valence-electron chi connectivity index (χ0n) is 12.9. The Hall–Kier alpha value is 0.0169. The molecule has 1 saturated heterocycles. The summed E-state index contributed by atoms with van der Waals surface area (Å²) in [4.78, 5) is 2.35. The van der Waals surface area contributed by atoms with Crippen molar-refractivity contribution in [1.82, 2.24) is 10.2 Å². The summed E-state index contributed by atoms with van der Waals surface area (Å²) in [5.41, 5.74) is 0. The van der Waals surface area contributed by atoms with E-state index in [1.165, 1.54) is 0 Å². The van der Waals surface area contributed by atoms with E-state index in [0.29, 0.717) is 13.2 Å². The lowest BCUT2D eigenvalue weighted by molar-refractivity contribution is -0.0380. The molecule has 0 aromatic rings. The molecule has 0 saturated carbocycles. The van der Waals surface area contributed by atoms with E-state index in [4.69, 9.17) is 13.3 Å². The fraction of sp³-hybridized carbons (Fsp3) is 1.00. The second kappa shape index (κ2) is 9.04. The first-order valence-electron chi connectivity index (χ1n) is 7.58. The number of hydrogen-bond donors (Lipinski definition) is 1. The Morgan fingerprint density at radius 1 is 1.11 bits per heavy atom. The van der Waals surface area contributed by atoms with Crippen LogP contribution in [0.3, 0.4) is 0 Å². The van der Waals surface area contributed by atoms with Gasteiger partial charge < -0.3 is 18.6 Å². The van der Waals surface area contributed by atoms with Crippen molar-refractivity contribution in [2.45, 2.75) is 46.4 Å². The summed E-state index contributed by atoms with van der Waals surface area (Å²) in [5.74, 6) is 0. The molecule has 0 aromatic carbocycles. The maximum Gasteiger partial charge on any atom is 0.502 e. The third-order valence-corrected chi connectivity index (χ3v) is 6.57. The highest BCUT2D eigenvalue weighted by Crippen LogP contribution is 2.21. The van der Waals surface area contributed by atoms with E-state index in [2.05, 4.69) is 24.1 Å². The monoisotopic (exact) mass is 290 g/mol. The molecule has 1 heterocycles. The SMILES string of the molecule is CCC[Si](OCC)(OCC)OC(C)N1CCNCC1. The van der Waals surface area contributed by atoms with E-state index in [1.54, 1.807) is 0 Å². The Bertz CT molecular complexity index is 221. The van der Waals surface area contributed by atoms with Crippen LogP contribution in [0, 0.1) is 0 Å². The van der Waals surface area contributed by atoms with Crippen LogP contribution in [0.15, 0.2) is 0 Å². The Labute approximate surface area is 119 Å². The molecule has 114 valence electrons. The summed E-state index contributed by atoms with van der Waals surface area (Å²) in [6.07, 6.45) is 1.10. The molecule has 19 heavy (non-hydrogen) atoms. The Balaban J connectivity index is 2.62. The highest BCUT2D eigenvalue weighted by Gasteiger charge is 2.42. The van der Waals surface area contributed by atoms with Gasteiger partial charge in [0.15, 0.2) is 0 Å². The zero-order valence-corrected chi connectivity index (χ0v) is 13.9. The molecule has 0 aliphatic carbocycles. The summed E-state index contributed by atoms with van der Waals surface area (Å²) < 4.78 is 18.1. The fourth-order valence-electron chi connectivity index (χ4n) is 2.44. The molecule has 0 spiro atoms. The van der Waals surface area contributed by atoms with Crippen LogP contribution in [0.4, 0.5) is 0 Å². The van der Waals surface area contributed by atoms with Crippen molar-refractivity contribution in [3.63, 3.8) is 0 Å². The molecule has 0 radical (unpaired) electrons. The van der Waals surface area contributed by atoms with Crippen molar-refractivity contribution < 1.29 is 13.3 Å². The first-order chi connectivity index (χ1) is 9.17. The van der Waals surface area contributed by atoms with Crippen LogP contribution < -0.4 is 5.32 Å². The van der Waals surface area contributed by atoms with Crippen molar-refractivity contribution >= 4 is 8.80 Å². The molecule has 1 rings (SSSR count). The van der Waals surface area contributed by atoms with Gasteiger partial charge in [0.1, 0.15) is 6.23 Å². The van der Waals surface area contributed by atoms with Crippen LogP contribution in [0.1, 0.15) is 34.1 Å². The normalized spacial score (nSPS) is 19.6. The summed E-state index contributed by atoms with van der Waals surface area (Å²) in [7, 11) is -2.50. The van der Waals surface area contributed by atoms with Crippen LogP contribution in [0.5, 0.6) is 0 Å². The summed E-state index contributed by atoms with van der Waals surface area (Å²) in [5, 5.41) is 3.36. The van der Waals surface area contributed by atoms with E-state index in [-0.39, 0.29) is 6.23 Å². The minimum absolute atomic E-state index is 0.0680. The molecule has 6 heteroatoms. The number of hydrogen-bond acceptors (Lipinski definition) is 5. The van der Waals surface area contributed by atoms with Crippen molar-refractivity contribution in [2.24, 2.45) is 0 Å². The van der Waals surface area contributed by atoms with Crippen molar-refractivity contribution in [1.29, 1.82) is 0 Å². The Morgan fingerprint density at radius 3 is 2.16 bits per heavy atom. The van der Waals surface area contributed by atoms with Crippen LogP contribution in [-0.2, 0) is 13.3 Å². The van der Waals surface area contributed by atoms with Crippen molar-refractivity contribution in [2.75, 3.05) is 39.4 Å². The van der Waals surface area contributed by atoms with Gasteiger partial charge in [-0.25, -0.2) is 0 Å². The highest BCUT2D eigenvalue weighted by molar-refractivity contribution is 6.60. The first-order valence-corrected chi connectivity index (χ1v) is 9.51. The summed E-state index contributed by atoms with van der Waals surface area (Å²) >= 11 is 0. The van der Waals surface area contributed by atoms with Gasteiger partial charge in [0.05, 0.1) is 0 Å². The van der Waals surface area contributed by atoms with Crippen molar-refractivity contribution in [3.05, 3.63) is 0 Å². The van der Waals surface area contributed by atoms with Gasteiger partial charge in [-0.2, -0.15) is 0 Å². The van der Waals surface area contributed by atoms with Gasteiger partial charge in [0.2, 0.25) is 0 Å². The van der Waals surface area contributed by atoms with Gasteiger partial charge in [-0.15, -0.1) is 0 Å². The molecule has 1 N–H and O–H groups in total. The topological polar surface area (TPSA) is 43.0 Å². The standard InChI is InChI=1S/C13H30N2O3Si/c1-5-12-19(16-6-2,17-7-3)18-13(4)15-10-8-14-9-11-15/h13-14H,5-12H2,1-4H3. The molecule has 1 fully saturated rings. The molecule has 0 aromatic heterocycles. The third-order valence-electron chi connectivity index (χ3n) is 3.30. The summed E-state index contributed by atoms with van der Waals surface area (Å²) in [6.45, 7) is 13.7. The predicted molar refractivity (Wildman–Crippen MR) is 79.1 cm³/mol. The van der Waals surface area contributed by atoms with Gasteiger partial charge in [-0.1, -0.05) is 13.3 Å². The van der Waals surface area contributed by atoms with E-state index in [9.17, 15) is 0 Å². The van der Waals surface area contributed by atoms with Gasteiger partial charge in [0, 0.05) is 45.4 Å². The highest BCUT2D eigenvalue weighted by atomic mass is 28.4. The molecule has 1 atom stereocenters. The Morgan fingerprint density at radius 2 is 1.68 bits per heavy atom. The molecule has 0 bridgehead atoms. The van der Waals surface area contributed by atoms with E-state index >= 15 is 0 Å². The molecule has 0 amide bonds. The molecular formula is C13H30N2O3Si. The quantitative estimate of drug-likeness (QED) is 0.654. The number of piperazine rings is 1. The molecule has 1 unspecified atom stereocenters. The van der Waals surface area contributed by atoms with Crippen LogP contribution in [-0.4, -0.2) is 59.3 Å². The van der Waals surface area contributed by atoms with Gasteiger partial charge in [0.25, 0.3) is 0 Å². The fourth-order valence-corrected chi connectivity index (χ4v) is 5.23. The first kappa shape index (κ1) is 17.1. The van der Waals surface area contributed by atoms with E-state index in [1.807, 2.05) is 13.8 Å². The largest absolute Gasteiger partial charge is 0.502 e. The van der Waals surface area contributed by atoms with E-state index in [0.717, 1.165) is 38.6 Å². The average molecular weight is 290 g/mol. The number of rotatable bonds is 9. The minimum atomic E-state index is -2.50. The average Bonchev–Trinajstić information content (AvgIpc) is 2.40. The molecule has 5 nitrogen and oxygen atoms in total. The lowest BCUT2D eigenvalue weighted by Crippen LogP contribution is -2.55. The smallest absolute Gasteiger partial charge is 0.374 e. The van der Waals surface area contributed by atoms with Crippen LogP contribution >= 0.6 is 0 Å². The predicted octanol–water partition coefficient (Wildman–Crippen LogP) is 1.68. The maximum absolute atomic E-state index is 6.29. The van der Waals surface area contributed by atoms with Gasteiger partial charge in [-0.05, 0) is 20.8 Å². The Kier molecular flexibility index (Phi) is 8.13. The third kappa shape index (κ3) is 5.49. The number of nitrogens with one attached hydrogen (secondary N) is 1. The zero-order chi connectivity index (χ0) is 14.1. The minimum Gasteiger partial charge on any atom is -0.374 e.